The second-order valence-electron chi connectivity index (χ2n) is 9.76. The summed E-state index contributed by atoms with van der Waals surface area (Å²) in [7, 11) is 0. The van der Waals surface area contributed by atoms with Crippen LogP contribution in [0.3, 0.4) is 0 Å². The van der Waals surface area contributed by atoms with Crippen LogP contribution in [0, 0.1) is 5.92 Å². The van der Waals surface area contributed by atoms with E-state index in [2.05, 4.69) is 103 Å². The fraction of sp³-hybridized carbons (Fsp3) is 0.147. The van der Waals surface area contributed by atoms with Crippen LogP contribution in [0.25, 0.3) is 23.4 Å². The van der Waals surface area contributed by atoms with Crippen molar-refractivity contribution in [1.29, 1.82) is 0 Å². The Morgan fingerprint density at radius 3 is 2.54 bits per heavy atom. The number of allylic oxidation sites excluding steroid dienone is 7. The second kappa shape index (κ2) is 9.94. The first-order chi connectivity index (χ1) is 18.2. The van der Waals surface area contributed by atoms with E-state index in [0.717, 1.165) is 40.4 Å². The van der Waals surface area contributed by atoms with Gasteiger partial charge in [-0.05, 0) is 47.4 Å². The minimum Gasteiger partial charge on any atom is -0.263 e. The highest BCUT2D eigenvalue weighted by atomic mass is 15.0. The quantitative estimate of drug-likeness (QED) is 0.343. The predicted molar refractivity (Wildman–Crippen MR) is 156 cm³/mol. The molecule has 3 unspecified atom stereocenters. The lowest BCUT2D eigenvalue weighted by Crippen LogP contribution is -2.27. The Bertz CT molecular complexity index is 1530. The minimum atomic E-state index is 0.178. The lowest BCUT2D eigenvalue weighted by atomic mass is 9.71. The molecule has 2 heterocycles. The maximum absolute atomic E-state index is 5.15. The van der Waals surface area contributed by atoms with Gasteiger partial charge in [-0.3, -0.25) is 9.98 Å². The third-order valence-corrected chi connectivity index (χ3v) is 7.21. The summed E-state index contributed by atoms with van der Waals surface area (Å²) < 4.78 is 0. The fourth-order valence-corrected chi connectivity index (χ4v) is 5.42. The van der Waals surface area contributed by atoms with Crippen LogP contribution in [0.2, 0.25) is 0 Å². The molecule has 0 amide bonds. The van der Waals surface area contributed by atoms with Gasteiger partial charge in [0.15, 0.2) is 5.84 Å². The monoisotopic (exact) mass is 479 g/mol. The van der Waals surface area contributed by atoms with Crippen molar-refractivity contribution in [2.24, 2.45) is 15.9 Å². The lowest BCUT2D eigenvalue weighted by Gasteiger charge is -2.34. The zero-order valence-corrected chi connectivity index (χ0v) is 21.0. The van der Waals surface area contributed by atoms with Gasteiger partial charge in [0.2, 0.25) is 0 Å². The Kier molecular flexibility index (Phi) is 6.20. The molecule has 2 aliphatic carbocycles. The van der Waals surface area contributed by atoms with Crippen molar-refractivity contribution in [1.82, 2.24) is 4.98 Å². The number of fused-ring (bicyclic) bond motifs is 3. The Morgan fingerprint density at radius 2 is 1.70 bits per heavy atom. The molecule has 3 aliphatic rings. The first kappa shape index (κ1) is 23.1. The van der Waals surface area contributed by atoms with Crippen LogP contribution >= 0.6 is 0 Å². The van der Waals surface area contributed by atoms with Gasteiger partial charge in [0.25, 0.3) is 0 Å². The van der Waals surface area contributed by atoms with Gasteiger partial charge < -0.3 is 0 Å². The number of aromatic nitrogens is 1. The van der Waals surface area contributed by atoms with Crippen molar-refractivity contribution >= 4 is 23.7 Å². The van der Waals surface area contributed by atoms with Gasteiger partial charge in [0, 0.05) is 41.3 Å². The predicted octanol–water partition coefficient (Wildman–Crippen LogP) is 7.85. The smallest absolute Gasteiger partial charge is 0.155 e. The standard InChI is InChI=1S/C34H29N3/c1-3-4-9-24-18-19-35-32(21-24)25-14-16-26(17-15-25)34-36-23(2)20-33(37-34)31-22-27-10-5-6-11-28(27)29-12-7-8-13-30(29)31/h3-19,21-23,29-30H,1,20H2,2H3/b9-4-. The molecule has 0 spiro atoms. The zero-order chi connectivity index (χ0) is 25.2. The topological polar surface area (TPSA) is 37.6 Å². The second-order valence-corrected chi connectivity index (χ2v) is 9.76. The Labute approximate surface area is 218 Å². The molecule has 0 radical (unpaired) electrons. The molecule has 1 aromatic heterocycles. The van der Waals surface area contributed by atoms with Crippen molar-refractivity contribution in [2.45, 2.75) is 25.3 Å². The summed E-state index contributed by atoms with van der Waals surface area (Å²) >= 11 is 0. The van der Waals surface area contributed by atoms with E-state index in [-0.39, 0.29) is 6.04 Å². The molecule has 6 rings (SSSR count). The van der Waals surface area contributed by atoms with Crippen LogP contribution < -0.4 is 0 Å². The number of amidine groups is 1. The summed E-state index contributed by atoms with van der Waals surface area (Å²) in [6.45, 7) is 5.93. The number of pyridine rings is 1. The Morgan fingerprint density at radius 1 is 0.919 bits per heavy atom. The Balaban J connectivity index is 1.33. The van der Waals surface area contributed by atoms with E-state index < -0.39 is 0 Å². The van der Waals surface area contributed by atoms with Gasteiger partial charge in [-0.15, -0.1) is 0 Å². The van der Waals surface area contributed by atoms with Crippen LogP contribution in [0.1, 0.15) is 41.5 Å². The molecule has 37 heavy (non-hydrogen) atoms. The van der Waals surface area contributed by atoms with Crippen LogP contribution in [0.4, 0.5) is 0 Å². The summed E-state index contributed by atoms with van der Waals surface area (Å²) in [5, 5.41) is 0. The Hall–Kier alpha value is -4.37. The van der Waals surface area contributed by atoms with Crippen LogP contribution in [-0.2, 0) is 0 Å². The van der Waals surface area contributed by atoms with E-state index in [4.69, 9.17) is 9.98 Å². The summed E-state index contributed by atoms with van der Waals surface area (Å²) in [5.74, 6) is 1.47. The number of nitrogens with zero attached hydrogens (tertiary/aromatic N) is 3. The molecule has 1 aliphatic heterocycles. The van der Waals surface area contributed by atoms with E-state index in [1.807, 2.05) is 24.4 Å². The molecule has 3 aromatic rings. The fourth-order valence-electron chi connectivity index (χ4n) is 5.42. The van der Waals surface area contributed by atoms with Gasteiger partial charge in [-0.1, -0.05) is 97.6 Å². The molecule has 3 nitrogen and oxygen atoms in total. The van der Waals surface area contributed by atoms with E-state index in [0.29, 0.717) is 11.8 Å². The molecule has 0 saturated heterocycles. The number of aliphatic imine (C=N–C) groups is 2. The molecule has 0 N–H and O–H groups in total. The summed E-state index contributed by atoms with van der Waals surface area (Å²) in [6, 6.07) is 21.4. The molecular weight excluding hydrogens is 450 g/mol. The van der Waals surface area contributed by atoms with E-state index >= 15 is 0 Å². The molecule has 0 saturated carbocycles. The summed E-state index contributed by atoms with van der Waals surface area (Å²) in [5.41, 5.74) is 9.28. The third kappa shape index (κ3) is 4.61. The maximum Gasteiger partial charge on any atom is 0.155 e. The average molecular weight is 480 g/mol. The molecule has 3 heteroatoms. The molecule has 0 fully saturated rings. The van der Waals surface area contributed by atoms with Crippen molar-refractivity contribution in [3.8, 4) is 11.3 Å². The maximum atomic E-state index is 5.15. The average Bonchev–Trinajstić information content (AvgIpc) is 2.95. The largest absolute Gasteiger partial charge is 0.263 e. The highest BCUT2D eigenvalue weighted by Gasteiger charge is 2.33. The molecule has 2 aromatic carbocycles. The van der Waals surface area contributed by atoms with Crippen molar-refractivity contribution in [3.63, 3.8) is 0 Å². The van der Waals surface area contributed by atoms with Crippen LogP contribution in [0.5, 0.6) is 0 Å². The first-order valence-electron chi connectivity index (χ1n) is 12.9. The third-order valence-electron chi connectivity index (χ3n) is 7.21. The minimum absolute atomic E-state index is 0.178. The molecule has 0 bridgehead atoms. The van der Waals surface area contributed by atoms with Crippen molar-refractivity contribution < 1.29 is 0 Å². The van der Waals surface area contributed by atoms with Crippen LogP contribution in [-0.4, -0.2) is 22.6 Å². The van der Waals surface area contributed by atoms with Gasteiger partial charge in [-0.25, -0.2) is 4.99 Å². The molecule has 3 atom stereocenters. The lowest BCUT2D eigenvalue weighted by molar-refractivity contribution is 0.666. The van der Waals surface area contributed by atoms with Crippen molar-refractivity contribution in [3.05, 3.63) is 138 Å². The van der Waals surface area contributed by atoms with E-state index in [1.54, 1.807) is 6.08 Å². The van der Waals surface area contributed by atoms with Gasteiger partial charge in [0.05, 0.1) is 11.7 Å². The summed E-state index contributed by atoms with van der Waals surface area (Å²) in [4.78, 5) is 14.6. The highest BCUT2D eigenvalue weighted by molar-refractivity contribution is 6.16. The molecular formula is C34H29N3. The summed E-state index contributed by atoms with van der Waals surface area (Å²) in [6.07, 6.45) is 19.8. The zero-order valence-electron chi connectivity index (χ0n) is 21.0. The number of hydrogen-bond acceptors (Lipinski definition) is 3. The number of rotatable bonds is 5. The van der Waals surface area contributed by atoms with E-state index in [1.165, 1.54) is 16.7 Å². The molecule has 180 valence electrons. The van der Waals surface area contributed by atoms with Crippen LogP contribution in [0.15, 0.2) is 125 Å². The van der Waals surface area contributed by atoms with Crippen molar-refractivity contribution in [2.75, 3.05) is 0 Å². The number of hydrogen-bond donors (Lipinski definition) is 0. The number of benzene rings is 2. The van der Waals surface area contributed by atoms with Gasteiger partial charge in [-0.2, -0.15) is 0 Å². The normalized spacial score (nSPS) is 22.1. The van der Waals surface area contributed by atoms with Gasteiger partial charge in [0.1, 0.15) is 0 Å². The van der Waals surface area contributed by atoms with E-state index in [9.17, 15) is 0 Å². The first-order valence-corrected chi connectivity index (χ1v) is 12.9. The highest BCUT2D eigenvalue weighted by Crippen LogP contribution is 2.43. The van der Waals surface area contributed by atoms with Gasteiger partial charge >= 0.3 is 0 Å². The SMILES string of the molecule is C=C/C=C\c1ccnc(-c2ccc(C3=NC(C)CC(C4=Cc5ccccc5C5C=CC=CC45)=N3)cc2)c1.